The van der Waals surface area contributed by atoms with Crippen LogP contribution in [-0.4, -0.2) is 40.6 Å². The number of nitro groups is 1. The maximum absolute atomic E-state index is 11.1. The van der Waals surface area contributed by atoms with Gasteiger partial charge in [0.2, 0.25) is 0 Å². The zero-order valence-electron chi connectivity index (χ0n) is 18.4. The standard InChI is InChI=1S/C22H28BrNO6Si/c1-27-20-12-16(7-9-19(20)24(25)26)6-8-17-13-18(14-21(28-2)22(17)23)30-15-29-10-11-31(3,4)5/h6-9,12-14H,10-11,15H2,1-5H3/b8-6+. The van der Waals surface area contributed by atoms with Crippen molar-refractivity contribution >= 4 is 41.8 Å². The summed E-state index contributed by atoms with van der Waals surface area (Å²) in [6.07, 6.45) is 3.70. The van der Waals surface area contributed by atoms with E-state index in [9.17, 15) is 10.1 Å². The van der Waals surface area contributed by atoms with Crippen molar-refractivity contribution in [2.75, 3.05) is 27.6 Å². The van der Waals surface area contributed by atoms with Crippen LogP contribution in [-0.2, 0) is 4.74 Å². The van der Waals surface area contributed by atoms with Crippen LogP contribution in [0.2, 0.25) is 25.7 Å². The molecule has 2 rings (SSSR count). The van der Waals surface area contributed by atoms with Gasteiger partial charge in [0.15, 0.2) is 12.5 Å². The van der Waals surface area contributed by atoms with Crippen LogP contribution in [0, 0.1) is 10.1 Å². The Morgan fingerprint density at radius 1 is 1.06 bits per heavy atom. The number of nitro benzene ring substituents is 1. The Balaban J connectivity index is 2.16. The number of ether oxygens (including phenoxy) is 4. The first kappa shape index (κ1) is 24.9. The Morgan fingerprint density at radius 2 is 1.77 bits per heavy atom. The normalized spacial score (nSPS) is 11.5. The molecule has 9 heteroatoms. The summed E-state index contributed by atoms with van der Waals surface area (Å²) in [7, 11) is 1.85. The molecule has 0 aliphatic heterocycles. The van der Waals surface area contributed by atoms with Crippen molar-refractivity contribution in [3.8, 4) is 17.2 Å². The van der Waals surface area contributed by atoms with Crippen LogP contribution in [0.5, 0.6) is 17.2 Å². The van der Waals surface area contributed by atoms with Gasteiger partial charge in [0.1, 0.15) is 11.5 Å². The first-order chi connectivity index (χ1) is 14.6. The van der Waals surface area contributed by atoms with Crippen LogP contribution in [0.1, 0.15) is 11.1 Å². The molecular formula is C22H28BrNO6Si. The molecule has 0 amide bonds. The predicted octanol–water partition coefficient (Wildman–Crippen LogP) is 6.24. The van der Waals surface area contributed by atoms with Crippen LogP contribution < -0.4 is 14.2 Å². The van der Waals surface area contributed by atoms with E-state index in [2.05, 4.69) is 35.6 Å². The number of hydrogen-bond acceptors (Lipinski definition) is 6. The summed E-state index contributed by atoms with van der Waals surface area (Å²) >= 11 is 3.55. The molecular weight excluding hydrogens is 482 g/mol. The molecule has 0 fully saturated rings. The molecule has 0 heterocycles. The Bertz CT molecular complexity index is 942. The van der Waals surface area contributed by atoms with Gasteiger partial charge in [-0.15, -0.1) is 0 Å². The molecule has 0 aliphatic carbocycles. The van der Waals surface area contributed by atoms with Crippen LogP contribution in [0.4, 0.5) is 5.69 Å². The minimum absolute atomic E-state index is 0.0768. The first-order valence-corrected chi connectivity index (χ1v) is 14.2. The fourth-order valence-electron chi connectivity index (χ4n) is 2.63. The van der Waals surface area contributed by atoms with Gasteiger partial charge in [-0.25, -0.2) is 0 Å². The van der Waals surface area contributed by atoms with E-state index in [1.807, 2.05) is 18.2 Å². The highest BCUT2D eigenvalue weighted by Crippen LogP contribution is 2.35. The van der Waals surface area contributed by atoms with Gasteiger partial charge in [0, 0.05) is 26.8 Å². The van der Waals surface area contributed by atoms with Gasteiger partial charge >= 0.3 is 5.69 Å². The Labute approximate surface area is 192 Å². The van der Waals surface area contributed by atoms with E-state index in [4.69, 9.17) is 18.9 Å². The van der Waals surface area contributed by atoms with E-state index in [1.165, 1.54) is 13.2 Å². The molecule has 2 aromatic rings. The fraction of sp³-hybridized carbons (Fsp3) is 0.364. The second-order valence-electron chi connectivity index (χ2n) is 8.03. The van der Waals surface area contributed by atoms with Crippen molar-refractivity contribution < 1.29 is 23.9 Å². The molecule has 0 atom stereocenters. The number of halogens is 1. The molecule has 0 N–H and O–H groups in total. The molecule has 0 unspecified atom stereocenters. The number of benzene rings is 2. The molecule has 0 bridgehead atoms. The summed E-state index contributed by atoms with van der Waals surface area (Å²) < 4.78 is 22.7. The van der Waals surface area contributed by atoms with E-state index < -0.39 is 13.0 Å². The molecule has 0 saturated heterocycles. The lowest BCUT2D eigenvalue weighted by Gasteiger charge is -2.16. The summed E-state index contributed by atoms with van der Waals surface area (Å²) in [5.41, 5.74) is 1.51. The van der Waals surface area contributed by atoms with E-state index in [-0.39, 0.29) is 18.2 Å². The average molecular weight is 510 g/mol. The zero-order valence-corrected chi connectivity index (χ0v) is 21.0. The van der Waals surface area contributed by atoms with Crippen molar-refractivity contribution in [2.45, 2.75) is 25.7 Å². The molecule has 0 radical (unpaired) electrons. The lowest BCUT2D eigenvalue weighted by atomic mass is 10.1. The molecule has 168 valence electrons. The maximum Gasteiger partial charge on any atom is 0.310 e. The van der Waals surface area contributed by atoms with E-state index >= 15 is 0 Å². The summed E-state index contributed by atoms with van der Waals surface area (Å²) in [6.45, 7) is 7.75. The summed E-state index contributed by atoms with van der Waals surface area (Å²) in [4.78, 5) is 10.6. The SMILES string of the molecule is COc1cc(/C=C/c2cc(OCOCC[Si](C)(C)C)cc(OC)c2Br)ccc1[N+](=O)[O-]. The first-order valence-electron chi connectivity index (χ1n) is 9.73. The highest BCUT2D eigenvalue weighted by molar-refractivity contribution is 9.10. The van der Waals surface area contributed by atoms with Gasteiger partial charge in [-0.05, 0) is 51.3 Å². The molecule has 7 nitrogen and oxygen atoms in total. The molecule has 31 heavy (non-hydrogen) atoms. The minimum Gasteiger partial charge on any atom is -0.495 e. The third kappa shape index (κ3) is 7.68. The van der Waals surface area contributed by atoms with Crippen molar-refractivity contribution in [3.05, 3.63) is 56.0 Å². The quantitative estimate of drug-likeness (QED) is 0.0890. The molecule has 0 spiro atoms. The lowest BCUT2D eigenvalue weighted by molar-refractivity contribution is -0.385. The Hall–Kier alpha value is -2.36. The van der Waals surface area contributed by atoms with Crippen LogP contribution >= 0.6 is 15.9 Å². The molecule has 0 aliphatic rings. The lowest BCUT2D eigenvalue weighted by Crippen LogP contribution is -2.22. The van der Waals surface area contributed by atoms with Crippen molar-refractivity contribution in [1.29, 1.82) is 0 Å². The van der Waals surface area contributed by atoms with Gasteiger partial charge < -0.3 is 18.9 Å². The number of nitrogens with zero attached hydrogens (tertiary/aromatic N) is 1. The number of rotatable bonds is 11. The molecule has 0 saturated carbocycles. The smallest absolute Gasteiger partial charge is 0.310 e. The van der Waals surface area contributed by atoms with Gasteiger partial charge in [-0.1, -0.05) is 31.8 Å². The Kier molecular flexibility index (Phi) is 9.09. The van der Waals surface area contributed by atoms with Crippen LogP contribution in [0.15, 0.2) is 34.8 Å². The van der Waals surface area contributed by atoms with Gasteiger partial charge in [-0.3, -0.25) is 10.1 Å². The zero-order chi connectivity index (χ0) is 23.0. The van der Waals surface area contributed by atoms with Crippen LogP contribution in [0.25, 0.3) is 12.2 Å². The highest BCUT2D eigenvalue weighted by Gasteiger charge is 2.15. The van der Waals surface area contributed by atoms with E-state index in [0.29, 0.717) is 18.1 Å². The summed E-state index contributed by atoms with van der Waals surface area (Å²) in [5.74, 6) is 1.45. The second kappa shape index (κ2) is 11.3. The molecule has 2 aromatic carbocycles. The van der Waals surface area contributed by atoms with Crippen LogP contribution in [0.3, 0.4) is 0 Å². The average Bonchev–Trinajstić information content (AvgIpc) is 2.72. The van der Waals surface area contributed by atoms with Crippen molar-refractivity contribution in [3.63, 3.8) is 0 Å². The summed E-state index contributed by atoms with van der Waals surface area (Å²) in [5, 5.41) is 11.1. The Morgan fingerprint density at radius 3 is 2.39 bits per heavy atom. The van der Waals surface area contributed by atoms with E-state index in [1.54, 1.807) is 25.3 Å². The third-order valence-corrected chi connectivity index (χ3v) is 6.97. The molecule has 0 aromatic heterocycles. The maximum atomic E-state index is 11.1. The van der Waals surface area contributed by atoms with E-state index in [0.717, 1.165) is 21.6 Å². The van der Waals surface area contributed by atoms with Gasteiger partial charge in [0.05, 0.1) is 23.6 Å². The van der Waals surface area contributed by atoms with Gasteiger partial charge in [-0.2, -0.15) is 0 Å². The summed E-state index contributed by atoms with van der Waals surface area (Å²) in [6, 6.07) is 9.44. The van der Waals surface area contributed by atoms with Crippen molar-refractivity contribution in [2.24, 2.45) is 0 Å². The third-order valence-electron chi connectivity index (χ3n) is 4.42. The minimum atomic E-state index is -1.14. The largest absolute Gasteiger partial charge is 0.495 e. The van der Waals surface area contributed by atoms with Gasteiger partial charge in [0.25, 0.3) is 0 Å². The topological polar surface area (TPSA) is 80.1 Å². The monoisotopic (exact) mass is 509 g/mol. The second-order valence-corrected chi connectivity index (χ2v) is 14.4. The number of hydrogen-bond donors (Lipinski definition) is 0. The van der Waals surface area contributed by atoms with Crippen molar-refractivity contribution in [1.82, 2.24) is 0 Å². The predicted molar refractivity (Wildman–Crippen MR) is 129 cm³/mol. The number of methoxy groups -OCH3 is 2. The fourth-order valence-corrected chi connectivity index (χ4v) is 3.91. The highest BCUT2D eigenvalue weighted by atomic mass is 79.9.